The van der Waals surface area contributed by atoms with Gasteiger partial charge in [0.05, 0.1) is 5.69 Å². The Bertz CT molecular complexity index is 1100. The summed E-state index contributed by atoms with van der Waals surface area (Å²) in [5, 5.41) is 4.75. The van der Waals surface area contributed by atoms with Crippen molar-refractivity contribution in [2.24, 2.45) is 0 Å². The highest BCUT2D eigenvalue weighted by Gasteiger charge is 2.21. The summed E-state index contributed by atoms with van der Waals surface area (Å²) in [6.45, 7) is 3.12. The molecule has 9 heteroatoms. The first-order valence-electron chi connectivity index (χ1n) is 7.88. The molecule has 0 fully saturated rings. The van der Waals surface area contributed by atoms with Crippen LogP contribution < -0.4 is 10.0 Å². The van der Waals surface area contributed by atoms with E-state index in [1.807, 2.05) is 30.3 Å². The molecule has 0 bridgehead atoms. The molecule has 0 radical (unpaired) electrons. The minimum atomic E-state index is -3.84. The van der Waals surface area contributed by atoms with E-state index in [4.69, 9.17) is 0 Å². The molecule has 2 N–H and O–H groups in total. The van der Waals surface area contributed by atoms with Crippen molar-refractivity contribution in [1.82, 2.24) is 4.98 Å². The third-order valence-corrected chi connectivity index (χ3v) is 6.86. The minimum Gasteiger partial charge on any atom is -0.326 e. The summed E-state index contributed by atoms with van der Waals surface area (Å²) in [5.41, 5.74) is 2.80. The number of sulfonamides is 1. The smallest absolute Gasteiger partial charge is 0.264 e. The van der Waals surface area contributed by atoms with E-state index < -0.39 is 10.0 Å². The van der Waals surface area contributed by atoms with Gasteiger partial charge in [-0.05, 0) is 40.5 Å². The van der Waals surface area contributed by atoms with E-state index in [9.17, 15) is 13.2 Å². The first-order valence-corrected chi connectivity index (χ1v) is 11.0. The van der Waals surface area contributed by atoms with Gasteiger partial charge < -0.3 is 5.32 Å². The van der Waals surface area contributed by atoms with Crippen LogP contribution in [0.2, 0.25) is 0 Å². The minimum absolute atomic E-state index is 0.0746. The Morgan fingerprint density at radius 3 is 2.56 bits per heavy atom. The average Bonchev–Trinajstić information content (AvgIpc) is 3.06. The average molecular weight is 466 g/mol. The summed E-state index contributed by atoms with van der Waals surface area (Å²) in [5.74, 6) is -0.227. The van der Waals surface area contributed by atoms with Crippen LogP contribution in [-0.4, -0.2) is 19.3 Å². The van der Waals surface area contributed by atoms with Gasteiger partial charge in [-0.2, -0.15) is 0 Å². The fraction of sp³-hybridized carbons (Fsp3) is 0.111. The van der Waals surface area contributed by atoms with Gasteiger partial charge in [0.15, 0.2) is 5.13 Å². The number of anilines is 2. The zero-order valence-electron chi connectivity index (χ0n) is 14.5. The maximum Gasteiger partial charge on any atom is 0.264 e. The van der Waals surface area contributed by atoms with Crippen molar-refractivity contribution in [2.75, 3.05) is 10.0 Å². The molecule has 1 amide bonds. The van der Waals surface area contributed by atoms with E-state index in [-0.39, 0.29) is 15.9 Å². The van der Waals surface area contributed by atoms with Crippen LogP contribution in [0, 0.1) is 6.92 Å². The zero-order chi connectivity index (χ0) is 19.6. The number of carbonyl (C=O) groups is 1. The second kappa shape index (κ2) is 7.79. The lowest BCUT2D eigenvalue weighted by molar-refractivity contribution is -0.114. The SMILES string of the molecule is CC(=O)Nc1cc(Br)c(S(=O)(=O)Nc2nc(-c3ccccc3)cs2)cc1C. The fourth-order valence-electron chi connectivity index (χ4n) is 2.42. The second-order valence-corrected chi connectivity index (χ2v) is 9.15. The number of carbonyl (C=O) groups excluding carboxylic acids is 1. The highest BCUT2D eigenvalue weighted by Crippen LogP contribution is 2.31. The van der Waals surface area contributed by atoms with Crippen molar-refractivity contribution < 1.29 is 13.2 Å². The van der Waals surface area contributed by atoms with Crippen molar-refractivity contribution in [1.29, 1.82) is 0 Å². The number of benzene rings is 2. The maximum absolute atomic E-state index is 12.8. The van der Waals surface area contributed by atoms with Crippen LogP contribution in [0.25, 0.3) is 11.3 Å². The molecule has 1 aromatic heterocycles. The van der Waals surface area contributed by atoms with E-state index in [1.165, 1.54) is 24.3 Å². The highest BCUT2D eigenvalue weighted by atomic mass is 79.9. The number of hydrogen-bond acceptors (Lipinski definition) is 5. The number of thiazole rings is 1. The second-order valence-electron chi connectivity index (χ2n) is 5.79. The van der Waals surface area contributed by atoms with Crippen LogP contribution in [0.4, 0.5) is 10.8 Å². The van der Waals surface area contributed by atoms with Crippen molar-refractivity contribution in [3.05, 3.63) is 57.9 Å². The van der Waals surface area contributed by atoms with E-state index in [2.05, 4.69) is 31.0 Å². The predicted molar refractivity (Wildman–Crippen MR) is 112 cm³/mol. The monoisotopic (exact) mass is 465 g/mol. The van der Waals surface area contributed by atoms with Gasteiger partial charge in [-0.1, -0.05) is 30.3 Å². The van der Waals surface area contributed by atoms with E-state index >= 15 is 0 Å². The van der Waals surface area contributed by atoms with Crippen LogP contribution in [0.3, 0.4) is 0 Å². The molecule has 3 aromatic rings. The molecule has 1 heterocycles. The molecule has 6 nitrogen and oxygen atoms in total. The molecular weight excluding hydrogens is 450 g/mol. The molecule has 27 heavy (non-hydrogen) atoms. The molecule has 0 unspecified atom stereocenters. The lowest BCUT2D eigenvalue weighted by Crippen LogP contribution is -2.15. The number of amides is 1. The molecule has 0 saturated carbocycles. The van der Waals surface area contributed by atoms with Crippen LogP contribution >= 0.6 is 27.3 Å². The van der Waals surface area contributed by atoms with Crippen LogP contribution in [0.15, 0.2) is 57.2 Å². The lowest BCUT2D eigenvalue weighted by atomic mass is 10.2. The largest absolute Gasteiger partial charge is 0.326 e. The summed E-state index contributed by atoms with van der Waals surface area (Å²) in [6, 6.07) is 12.6. The highest BCUT2D eigenvalue weighted by molar-refractivity contribution is 9.10. The number of aromatic nitrogens is 1. The molecule has 0 saturated heterocycles. The molecule has 3 rings (SSSR count). The van der Waals surface area contributed by atoms with Gasteiger partial charge >= 0.3 is 0 Å². The van der Waals surface area contributed by atoms with Crippen molar-refractivity contribution in [3.8, 4) is 11.3 Å². The summed E-state index contributed by atoms with van der Waals surface area (Å²) in [7, 11) is -3.84. The maximum atomic E-state index is 12.8. The normalized spacial score (nSPS) is 11.2. The number of aryl methyl sites for hydroxylation is 1. The molecule has 0 aliphatic rings. The number of rotatable bonds is 5. The standard InChI is InChI=1S/C18H16BrN3O3S2/c1-11-8-17(14(19)9-15(11)20-12(2)23)27(24,25)22-18-21-16(10-26-18)13-6-4-3-5-7-13/h3-10H,1-2H3,(H,20,23)(H,21,22). The Balaban J connectivity index is 1.88. The lowest BCUT2D eigenvalue weighted by Gasteiger charge is -2.12. The third kappa shape index (κ3) is 4.55. The van der Waals surface area contributed by atoms with Crippen molar-refractivity contribution in [2.45, 2.75) is 18.7 Å². The van der Waals surface area contributed by atoms with Crippen LogP contribution in [0.1, 0.15) is 12.5 Å². The summed E-state index contributed by atoms with van der Waals surface area (Å²) in [4.78, 5) is 15.7. The Kier molecular flexibility index (Phi) is 5.64. The van der Waals surface area contributed by atoms with Gasteiger partial charge in [-0.25, -0.2) is 13.4 Å². The van der Waals surface area contributed by atoms with E-state index in [0.29, 0.717) is 21.4 Å². The number of halogens is 1. The van der Waals surface area contributed by atoms with E-state index in [1.54, 1.807) is 18.4 Å². The molecular formula is C18H16BrN3O3S2. The van der Waals surface area contributed by atoms with Crippen molar-refractivity contribution in [3.63, 3.8) is 0 Å². The summed E-state index contributed by atoms with van der Waals surface area (Å²) >= 11 is 4.49. The number of hydrogen-bond donors (Lipinski definition) is 2. The van der Waals surface area contributed by atoms with Crippen LogP contribution in [0.5, 0.6) is 0 Å². The van der Waals surface area contributed by atoms with E-state index in [0.717, 1.165) is 5.56 Å². The first-order chi connectivity index (χ1) is 12.8. The predicted octanol–water partition coefficient (Wildman–Crippen LogP) is 4.64. The molecule has 0 atom stereocenters. The van der Waals surface area contributed by atoms with Gasteiger partial charge in [0.1, 0.15) is 4.90 Å². The Hall–Kier alpha value is -2.23. The quantitative estimate of drug-likeness (QED) is 0.574. The van der Waals surface area contributed by atoms with Crippen molar-refractivity contribution >= 4 is 54.0 Å². The Morgan fingerprint density at radius 1 is 1.19 bits per heavy atom. The van der Waals surface area contributed by atoms with Gasteiger partial charge in [0, 0.05) is 28.0 Å². The molecule has 0 aliphatic carbocycles. The number of nitrogens with zero attached hydrogens (tertiary/aromatic N) is 1. The Labute approximate surface area is 169 Å². The summed E-state index contributed by atoms with van der Waals surface area (Å²) < 4.78 is 28.5. The zero-order valence-corrected chi connectivity index (χ0v) is 17.7. The number of nitrogens with one attached hydrogen (secondary N) is 2. The van der Waals surface area contributed by atoms with Crippen LogP contribution in [-0.2, 0) is 14.8 Å². The molecule has 140 valence electrons. The Morgan fingerprint density at radius 2 is 1.89 bits per heavy atom. The van der Waals surface area contributed by atoms with Gasteiger partial charge in [-0.3, -0.25) is 9.52 Å². The van der Waals surface area contributed by atoms with Gasteiger partial charge in [-0.15, -0.1) is 11.3 Å². The third-order valence-electron chi connectivity index (χ3n) is 3.67. The summed E-state index contributed by atoms with van der Waals surface area (Å²) in [6.07, 6.45) is 0. The molecule has 0 aliphatic heterocycles. The molecule has 0 spiro atoms. The topological polar surface area (TPSA) is 88.2 Å². The van der Waals surface area contributed by atoms with Gasteiger partial charge in [0.25, 0.3) is 10.0 Å². The van der Waals surface area contributed by atoms with Gasteiger partial charge in [0.2, 0.25) is 5.91 Å². The first kappa shape index (κ1) is 19.5. The molecule has 2 aromatic carbocycles. The fourth-order valence-corrected chi connectivity index (χ4v) is 5.52.